The first-order chi connectivity index (χ1) is 46.0. The van der Waals surface area contributed by atoms with Crippen LogP contribution in [0.5, 0.6) is 0 Å². The molecule has 0 radical (unpaired) electrons. The molecule has 3 aromatic rings. The van der Waals surface area contributed by atoms with Gasteiger partial charge in [0.05, 0.1) is 31.1 Å². The number of rotatable bonds is 6. The third-order valence-corrected chi connectivity index (χ3v) is 23.1. The van der Waals surface area contributed by atoms with E-state index in [2.05, 4.69) is 40.7 Å². The van der Waals surface area contributed by atoms with Crippen molar-refractivity contribution in [1.29, 1.82) is 0 Å². The van der Waals surface area contributed by atoms with Crippen LogP contribution in [-0.4, -0.2) is 220 Å². The third-order valence-electron chi connectivity index (χ3n) is 23.1. The Kier molecular flexibility index (Phi) is 21.9. The molecule has 0 aromatic heterocycles. The van der Waals surface area contributed by atoms with Gasteiger partial charge in [-0.2, -0.15) is 13.2 Å². The normalized spacial score (nSPS) is 22.3. The summed E-state index contributed by atoms with van der Waals surface area (Å²) >= 11 is 0. The summed E-state index contributed by atoms with van der Waals surface area (Å²) in [4.78, 5) is 94.4. The summed E-state index contributed by atoms with van der Waals surface area (Å²) in [7, 11) is 0. The molecule has 3 aromatic carbocycles. The van der Waals surface area contributed by atoms with Crippen molar-refractivity contribution in [2.45, 2.75) is 185 Å². The number of anilines is 3. The standard InChI is InChI=1S/C26H37FN4O3.C24H35N3O3.C23H30F3N3O3/c1-2-34-25(33)30-14-8-21(9-15-30)28-16-10-26(11-17-28)19-31(23-7-6-20(27)18-22(23)26)24(32)29-12-4-3-5-13-29;1-5-30-23(29)26-10-6-20(7-11-26)25-12-8-24(9-13-25)16-27(19(4)28)22-18(3)14-17(2)15-21(22)24;1-3-32-21(31)28-10-6-18(7-11-28)27-12-8-22(9-13-27)15-29(16(2)30)20-5-4-17(14-19(20)22)23(24,25)26/h6-7,18,21H,2-5,8-17,19H2,1H3;14-15,20H,5-13,16H2,1-4H3;4-5,14,18H,3,6-13,15H2,1-2H3. The second kappa shape index (κ2) is 29.8. The van der Waals surface area contributed by atoms with E-state index in [9.17, 15) is 46.3 Å². The maximum Gasteiger partial charge on any atom is 0.416 e. The van der Waals surface area contributed by atoms with E-state index in [-0.39, 0.29) is 52.8 Å². The molecule has 526 valence electrons. The summed E-state index contributed by atoms with van der Waals surface area (Å²) in [5.41, 5.74) is 7.01. The van der Waals surface area contributed by atoms with Crippen molar-refractivity contribution in [2.24, 2.45) is 0 Å². The molecule has 13 rings (SSSR count). The molecule has 7 fully saturated rings. The number of alkyl halides is 3. The van der Waals surface area contributed by atoms with E-state index in [0.717, 1.165) is 185 Å². The molecule has 19 nitrogen and oxygen atoms in total. The molecular weight excluding hydrogens is 1240 g/mol. The van der Waals surface area contributed by atoms with Crippen LogP contribution < -0.4 is 14.7 Å². The number of ether oxygens (including phenoxy) is 3. The summed E-state index contributed by atoms with van der Waals surface area (Å²) in [6.45, 7) is 27.5. The lowest BCUT2D eigenvalue weighted by Gasteiger charge is -2.45. The number of hydrogen-bond donors (Lipinski definition) is 0. The summed E-state index contributed by atoms with van der Waals surface area (Å²) < 4.78 is 69.9. The maximum atomic E-state index is 14.3. The monoisotopic (exact) mass is 1340 g/mol. The molecule has 0 unspecified atom stereocenters. The zero-order valence-corrected chi connectivity index (χ0v) is 57.8. The predicted octanol–water partition coefficient (Wildman–Crippen LogP) is 11.9. The molecule has 96 heavy (non-hydrogen) atoms. The Morgan fingerprint density at radius 1 is 0.458 bits per heavy atom. The van der Waals surface area contributed by atoms with Gasteiger partial charge in [0.2, 0.25) is 11.8 Å². The second-order valence-electron chi connectivity index (χ2n) is 28.7. The number of carbonyl (C=O) groups excluding carboxylic acids is 6. The van der Waals surface area contributed by atoms with Crippen LogP contribution in [0.15, 0.2) is 48.5 Å². The Bertz CT molecular complexity index is 3280. The summed E-state index contributed by atoms with van der Waals surface area (Å²) in [5.74, 6) is -0.218. The third kappa shape index (κ3) is 14.8. The highest BCUT2D eigenvalue weighted by atomic mass is 19.4. The lowest BCUT2D eigenvalue weighted by Crippen LogP contribution is -2.53. The zero-order chi connectivity index (χ0) is 68.3. The number of fused-ring (bicyclic) bond motifs is 6. The molecule has 0 atom stereocenters. The molecule has 0 saturated carbocycles. The lowest BCUT2D eigenvalue weighted by molar-refractivity contribution is -0.137. The van der Waals surface area contributed by atoms with Crippen LogP contribution in [0.25, 0.3) is 0 Å². The van der Waals surface area contributed by atoms with Crippen LogP contribution in [0.1, 0.15) is 164 Å². The van der Waals surface area contributed by atoms with E-state index >= 15 is 0 Å². The quantitative estimate of drug-likeness (QED) is 0.170. The van der Waals surface area contributed by atoms with Crippen LogP contribution in [0, 0.1) is 19.7 Å². The van der Waals surface area contributed by atoms with Crippen LogP contribution in [0.2, 0.25) is 0 Å². The number of benzene rings is 3. The average Bonchev–Trinajstić information content (AvgIpc) is 1.59. The molecule has 0 N–H and O–H groups in total. The fourth-order valence-corrected chi connectivity index (χ4v) is 17.8. The Labute approximate surface area is 564 Å². The topological polar surface area (TPSA) is 163 Å². The molecule has 10 aliphatic rings. The van der Waals surface area contributed by atoms with Crippen molar-refractivity contribution >= 4 is 53.2 Å². The van der Waals surface area contributed by atoms with Crippen molar-refractivity contribution in [1.82, 2.24) is 34.3 Å². The highest BCUT2D eigenvalue weighted by Gasteiger charge is 2.51. The van der Waals surface area contributed by atoms with Crippen molar-refractivity contribution in [2.75, 3.05) is 146 Å². The van der Waals surface area contributed by atoms with Crippen molar-refractivity contribution in [3.05, 3.63) is 87.7 Å². The molecule has 10 aliphatic heterocycles. The van der Waals surface area contributed by atoms with Gasteiger partial charge in [0.15, 0.2) is 0 Å². The second-order valence-corrected chi connectivity index (χ2v) is 28.7. The first-order valence-electron chi connectivity index (χ1n) is 35.7. The Morgan fingerprint density at radius 2 is 0.844 bits per heavy atom. The Hall–Kier alpha value is -6.72. The molecule has 3 spiro atoms. The molecular formula is C73H102F4N10O9. The Balaban J connectivity index is 0.000000147. The first kappa shape index (κ1) is 70.6. The molecule has 10 heterocycles. The van der Waals surface area contributed by atoms with Crippen LogP contribution in [0.3, 0.4) is 0 Å². The fourth-order valence-electron chi connectivity index (χ4n) is 17.8. The van der Waals surface area contributed by atoms with Crippen molar-refractivity contribution < 1.29 is 60.5 Å². The van der Waals surface area contributed by atoms with Gasteiger partial charge < -0.3 is 58.3 Å². The number of aryl methyl sites for hydroxylation is 2. The van der Waals surface area contributed by atoms with Gasteiger partial charge in [0, 0.05) is 132 Å². The number of likely N-dealkylation sites (tertiary alicyclic amines) is 7. The minimum Gasteiger partial charge on any atom is -0.450 e. The highest BCUT2D eigenvalue weighted by Crippen LogP contribution is 2.52. The minimum absolute atomic E-state index is 0.0817. The largest absolute Gasteiger partial charge is 0.450 e. The van der Waals surface area contributed by atoms with Gasteiger partial charge in [-0.05, 0) is 229 Å². The van der Waals surface area contributed by atoms with Crippen molar-refractivity contribution in [3.8, 4) is 0 Å². The summed E-state index contributed by atoms with van der Waals surface area (Å²) in [6.07, 6.45) is 9.35. The van der Waals surface area contributed by atoms with Crippen molar-refractivity contribution in [3.63, 3.8) is 0 Å². The lowest BCUT2D eigenvalue weighted by atomic mass is 9.73. The summed E-state index contributed by atoms with van der Waals surface area (Å²) in [6, 6.07) is 14.7. The van der Waals surface area contributed by atoms with Gasteiger partial charge in [-0.3, -0.25) is 14.5 Å². The smallest absolute Gasteiger partial charge is 0.416 e. The Morgan fingerprint density at radius 3 is 1.26 bits per heavy atom. The van der Waals surface area contributed by atoms with Crippen LogP contribution in [-0.2, 0) is 46.2 Å². The van der Waals surface area contributed by atoms with E-state index in [1.54, 1.807) is 35.8 Å². The SMILES string of the molecule is CCOC(=O)N1CCC(N2CCC3(CC2)CN(C(=O)N2CCCCC2)c2ccc(F)cc23)CC1.CCOC(=O)N1CCC(N2CCC3(CC2)CN(C(C)=O)c2c(C)cc(C)cc23)CC1.CCOC(=O)N1CCC(N2CCC3(CC2)CN(C(C)=O)c2ccc(C(F)(F)F)cc23)CC1. The van der Waals surface area contributed by atoms with E-state index < -0.39 is 17.2 Å². The van der Waals surface area contributed by atoms with Crippen LogP contribution in [0.4, 0.5) is 53.8 Å². The minimum atomic E-state index is -4.41. The van der Waals surface area contributed by atoms with Gasteiger partial charge in [0.25, 0.3) is 0 Å². The molecule has 7 amide bonds. The number of amides is 7. The molecule has 23 heteroatoms. The van der Waals surface area contributed by atoms with Gasteiger partial charge >= 0.3 is 30.5 Å². The van der Waals surface area contributed by atoms with Gasteiger partial charge in [-0.1, -0.05) is 17.7 Å². The first-order valence-corrected chi connectivity index (χ1v) is 35.7. The number of urea groups is 1. The number of nitrogens with zero attached hydrogens (tertiary/aromatic N) is 10. The van der Waals surface area contributed by atoms with E-state index in [1.165, 1.54) is 48.2 Å². The predicted molar refractivity (Wildman–Crippen MR) is 360 cm³/mol. The van der Waals surface area contributed by atoms with Crippen LogP contribution >= 0.6 is 0 Å². The van der Waals surface area contributed by atoms with E-state index in [0.29, 0.717) is 88.2 Å². The summed E-state index contributed by atoms with van der Waals surface area (Å²) in [5, 5.41) is 0. The van der Waals surface area contributed by atoms with E-state index in [1.807, 2.05) is 38.3 Å². The number of carbonyl (C=O) groups is 6. The molecule has 0 bridgehead atoms. The fraction of sp³-hybridized carbons (Fsp3) is 0.671. The zero-order valence-electron chi connectivity index (χ0n) is 57.8. The number of hydrogen-bond acceptors (Lipinski definition) is 12. The number of piperidine rings is 7. The average molecular weight is 1340 g/mol. The van der Waals surface area contributed by atoms with E-state index in [4.69, 9.17) is 14.2 Å². The van der Waals surface area contributed by atoms with Gasteiger partial charge in [0.1, 0.15) is 5.82 Å². The number of halogens is 4. The van der Waals surface area contributed by atoms with Gasteiger partial charge in [-0.15, -0.1) is 0 Å². The molecule has 7 saturated heterocycles. The maximum absolute atomic E-state index is 14.3. The van der Waals surface area contributed by atoms with Gasteiger partial charge in [-0.25, -0.2) is 23.6 Å². The highest BCUT2D eigenvalue weighted by molar-refractivity contribution is 5.97. The molecule has 0 aliphatic carbocycles.